The molecule has 0 saturated carbocycles. The Labute approximate surface area is 138 Å². The van der Waals surface area contributed by atoms with Crippen LogP contribution in [0.3, 0.4) is 0 Å². The highest BCUT2D eigenvalue weighted by Gasteiger charge is 2.20. The first-order valence-electron chi connectivity index (χ1n) is 7.18. The molecule has 7 nitrogen and oxygen atoms in total. The first kappa shape index (κ1) is 15.9. The van der Waals surface area contributed by atoms with Gasteiger partial charge >= 0.3 is 5.97 Å². The maximum Gasteiger partial charge on any atom is 0.335 e. The molecule has 3 rings (SSSR count). The number of hydrogen-bond donors (Lipinski definition) is 2. The highest BCUT2D eigenvalue weighted by Crippen LogP contribution is 2.39. The van der Waals surface area contributed by atoms with Crippen molar-refractivity contribution in [2.75, 3.05) is 20.7 Å². The Hall–Kier alpha value is -2.93. The van der Waals surface area contributed by atoms with Crippen molar-refractivity contribution >= 4 is 5.97 Å². The molecule has 0 spiro atoms. The highest BCUT2D eigenvalue weighted by atomic mass is 16.7. The van der Waals surface area contributed by atoms with Crippen LogP contribution < -0.4 is 14.2 Å². The number of phenolic OH excluding ortho intramolecular Hbond substituents is 1. The van der Waals surface area contributed by atoms with Crippen LogP contribution in [0.2, 0.25) is 0 Å². The molecule has 0 saturated heterocycles. The van der Waals surface area contributed by atoms with Gasteiger partial charge in [0, 0.05) is 25.2 Å². The van der Waals surface area contributed by atoms with Gasteiger partial charge in [-0.3, -0.25) is 0 Å². The number of ether oxygens (including phenoxy) is 4. The second-order valence-corrected chi connectivity index (χ2v) is 5.19. The van der Waals surface area contributed by atoms with Crippen LogP contribution in [-0.2, 0) is 11.2 Å². The van der Waals surface area contributed by atoms with Crippen molar-refractivity contribution in [2.45, 2.75) is 6.42 Å². The number of carboxylic acids is 1. The lowest BCUT2D eigenvalue weighted by molar-refractivity contribution is 0.0503. The molecule has 24 heavy (non-hydrogen) atoms. The summed E-state index contributed by atoms with van der Waals surface area (Å²) in [7, 11) is 1.50. The molecule has 1 heterocycles. The summed E-state index contributed by atoms with van der Waals surface area (Å²) in [6, 6.07) is 7.56. The number of aromatic hydroxyl groups is 1. The van der Waals surface area contributed by atoms with Gasteiger partial charge in [-0.2, -0.15) is 0 Å². The first-order valence-corrected chi connectivity index (χ1v) is 7.18. The van der Waals surface area contributed by atoms with E-state index in [2.05, 4.69) is 0 Å². The number of hydrogen-bond acceptors (Lipinski definition) is 6. The number of aromatic carboxylic acids is 1. The lowest BCUT2D eigenvalue weighted by Crippen LogP contribution is -2.05. The van der Waals surface area contributed by atoms with E-state index in [1.807, 2.05) is 0 Å². The third kappa shape index (κ3) is 3.21. The zero-order valence-electron chi connectivity index (χ0n) is 12.9. The van der Waals surface area contributed by atoms with E-state index in [1.54, 1.807) is 12.1 Å². The predicted molar refractivity (Wildman–Crippen MR) is 82.9 cm³/mol. The fraction of sp³-hybridized carbons (Fsp3) is 0.235. The van der Waals surface area contributed by atoms with Gasteiger partial charge < -0.3 is 29.2 Å². The van der Waals surface area contributed by atoms with E-state index in [4.69, 9.17) is 18.9 Å². The summed E-state index contributed by atoms with van der Waals surface area (Å²) >= 11 is 0. The topological polar surface area (TPSA) is 94.5 Å². The van der Waals surface area contributed by atoms with Crippen LogP contribution >= 0.6 is 0 Å². The zero-order valence-corrected chi connectivity index (χ0v) is 12.9. The van der Waals surface area contributed by atoms with Crippen LogP contribution in [0.25, 0.3) is 0 Å². The second kappa shape index (κ2) is 6.67. The Morgan fingerprint density at radius 3 is 2.62 bits per heavy atom. The maximum absolute atomic E-state index is 11.4. The van der Waals surface area contributed by atoms with Gasteiger partial charge in [0.25, 0.3) is 0 Å². The average Bonchev–Trinajstić information content (AvgIpc) is 2.99. The molecule has 126 valence electrons. The smallest absolute Gasteiger partial charge is 0.335 e. The monoisotopic (exact) mass is 332 g/mol. The van der Waals surface area contributed by atoms with Crippen LogP contribution in [0.5, 0.6) is 23.0 Å². The molecule has 7 heteroatoms. The van der Waals surface area contributed by atoms with Gasteiger partial charge in [0.15, 0.2) is 18.3 Å². The summed E-state index contributed by atoms with van der Waals surface area (Å²) in [4.78, 5) is 11.4. The average molecular weight is 332 g/mol. The summed E-state index contributed by atoms with van der Waals surface area (Å²) in [5, 5.41) is 19.0. The zero-order chi connectivity index (χ0) is 17.1. The Bertz CT molecular complexity index is 770. The molecular formula is C17H16O7. The molecule has 0 fully saturated rings. The summed E-state index contributed by atoms with van der Waals surface area (Å²) in [5.41, 5.74) is 1.27. The van der Waals surface area contributed by atoms with Crippen LogP contribution in [0.1, 0.15) is 21.5 Å². The predicted octanol–water partition coefficient (Wildman–Crippen LogP) is 2.39. The van der Waals surface area contributed by atoms with Gasteiger partial charge in [0.05, 0.1) is 5.56 Å². The second-order valence-electron chi connectivity index (χ2n) is 5.19. The number of methoxy groups -OCH3 is 1. The molecule has 2 aromatic rings. The van der Waals surface area contributed by atoms with Crippen molar-refractivity contribution in [3.05, 3.63) is 47.0 Å². The van der Waals surface area contributed by atoms with E-state index >= 15 is 0 Å². The van der Waals surface area contributed by atoms with E-state index in [1.165, 1.54) is 25.3 Å². The lowest BCUT2D eigenvalue weighted by Gasteiger charge is -2.13. The Balaban J connectivity index is 2.00. The molecule has 0 bridgehead atoms. The molecule has 2 aromatic carbocycles. The Kier molecular flexibility index (Phi) is 4.43. The van der Waals surface area contributed by atoms with E-state index in [0.29, 0.717) is 28.4 Å². The standard InChI is InChI=1S/C17H16O7/c1-21-8-22-14-7-16-15(23-9-24-16)6-11(14)4-10-5-12(18)2-3-13(10)17(19)20/h2-3,5-7,18H,4,8-9H2,1H3,(H,19,20). The molecule has 0 aliphatic carbocycles. The number of benzene rings is 2. The van der Waals surface area contributed by atoms with Gasteiger partial charge in [0.2, 0.25) is 6.79 Å². The molecule has 0 atom stereocenters. The lowest BCUT2D eigenvalue weighted by atomic mass is 9.98. The van der Waals surface area contributed by atoms with Gasteiger partial charge in [-0.05, 0) is 29.8 Å². The summed E-state index contributed by atoms with van der Waals surface area (Å²) in [5.74, 6) is 0.548. The quantitative estimate of drug-likeness (QED) is 0.784. The van der Waals surface area contributed by atoms with Crippen molar-refractivity contribution in [2.24, 2.45) is 0 Å². The molecule has 0 amide bonds. The molecule has 0 radical (unpaired) electrons. The van der Waals surface area contributed by atoms with Crippen molar-refractivity contribution in [1.29, 1.82) is 0 Å². The Morgan fingerprint density at radius 2 is 1.92 bits per heavy atom. The first-order chi connectivity index (χ1) is 11.6. The van der Waals surface area contributed by atoms with Crippen molar-refractivity contribution in [3.63, 3.8) is 0 Å². The largest absolute Gasteiger partial charge is 0.508 e. The number of rotatable bonds is 6. The van der Waals surface area contributed by atoms with Crippen LogP contribution in [0, 0.1) is 0 Å². The Morgan fingerprint density at radius 1 is 1.17 bits per heavy atom. The van der Waals surface area contributed by atoms with Crippen LogP contribution in [0.15, 0.2) is 30.3 Å². The number of carboxylic acid groups (broad SMARTS) is 1. The molecule has 1 aliphatic rings. The fourth-order valence-corrected chi connectivity index (χ4v) is 2.50. The number of fused-ring (bicyclic) bond motifs is 1. The third-order valence-electron chi connectivity index (χ3n) is 3.59. The molecule has 1 aliphatic heterocycles. The van der Waals surface area contributed by atoms with Crippen molar-refractivity contribution in [3.8, 4) is 23.0 Å². The van der Waals surface area contributed by atoms with E-state index in [9.17, 15) is 15.0 Å². The van der Waals surface area contributed by atoms with E-state index in [0.717, 1.165) is 0 Å². The van der Waals surface area contributed by atoms with Gasteiger partial charge in [-0.15, -0.1) is 0 Å². The minimum Gasteiger partial charge on any atom is -0.508 e. The summed E-state index contributed by atoms with van der Waals surface area (Å²) in [6.07, 6.45) is 0.242. The van der Waals surface area contributed by atoms with Gasteiger partial charge in [0.1, 0.15) is 11.5 Å². The van der Waals surface area contributed by atoms with E-state index < -0.39 is 5.97 Å². The molecule has 2 N–H and O–H groups in total. The summed E-state index contributed by atoms with van der Waals surface area (Å²) in [6.45, 7) is 0.160. The SMILES string of the molecule is COCOc1cc2c(cc1Cc1cc(O)ccc1C(=O)O)OCO2. The fourth-order valence-electron chi connectivity index (χ4n) is 2.50. The van der Waals surface area contributed by atoms with Crippen LogP contribution in [0.4, 0.5) is 0 Å². The maximum atomic E-state index is 11.4. The highest BCUT2D eigenvalue weighted by molar-refractivity contribution is 5.89. The normalized spacial score (nSPS) is 12.2. The van der Waals surface area contributed by atoms with Gasteiger partial charge in [-0.1, -0.05) is 0 Å². The van der Waals surface area contributed by atoms with Crippen LogP contribution in [-0.4, -0.2) is 36.9 Å². The third-order valence-corrected chi connectivity index (χ3v) is 3.59. The number of carbonyl (C=O) groups is 1. The van der Waals surface area contributed by atoms with Gasteiger partial charge in [-0.25, -0.2) is 4.79 Å². The molecule has 0 aromatic heterocycles. The number of phenols is 1. The minimum atomic E-state index is -1.06. The van der Waals surface area contributed by atoms with Crippen molar-refractivity contribution in [1.82, 2.24) is 0 Å². The minimum absolute atomic E-state index is 0.00453. The molecular weight excluding hydrogens is 316 g/mol. The molecule has 0 unspecified atom stereocenters. The van der Waals surface area contributed by atoms with E-state index in [-0.39, 0.29) is 31.3 Å². The van der Waals surface area contributed by atoms with Crippen molar-refractivity contribution < 1.29 is 34.0 Å². The summed E-state index contributed by atoms with van der Waals surface area (Å²) < 4.78 is 21.2.